The summed E-state index contributed by atoms with van der Waals surface area (Å²) in [7, 11) is 1.61. The molecule has 1 amide bonds. The molecule has 0 bridgehead atoms. The first-order valence-electron chi connectivity index (χ1n) is 7.57. The van der Waals surface area contributed by atoms with Crippen LogP contribution < -0.4 is 5.32 Å². The van der Waals surface area contributed by atoms with E-state index in [9.17, 15) is 4.79 Å². The topological polar surface area (TPSA) is 38.3 Å². The zero-order chi connectivity index (χ0) is 17.0. The largest absolute Gasteiger partial charge is 0.375 e. The Morgan fingerprint density at radius 3 is 2.35 bits per heavy atom. The molecule has 0 heterocycles. The number of ether oxygens (including phenoxy) is 1. The lowest BCUT2D eigenvalue weighted by Gasteiger charge is -2.19. The summed E-state index contributed by atoms with van der Waals surface area (Å²) in [4.78, 5) is 12.5. The molecule has 2 rings (SSSR count). The number of methoxy groups -OCH3 is 1. The normalized spacial score (nSPS) is 12.0. The van der Waals surface area contributed by atoms with Crippen molar-refractivity contribution in [1.29, 1.82) is 0 Å². The van der Waals surface area contributed by atoms with Crippen molar-refractivity contribution in [3.63, 3.8) is 0 Å². The van der Waals surface area contributed by atoms with Gasteiger partial charge in [0.2, 0.25) is 0 Å². The van der Waals surface area contributed by atoms with Crippen LogP contribution in [0, 0.1) is 20.8 Å². The molecule has 2 aromatic carbocycles. The summed E-state index contributed by atoms with van der Waals surface area (Å²) in [6, 6.07) is 11.5. The van der Waals surface area contributed by atoms with E-state index in [1.807, 2.05) is 57.2 Å². The highest BCUT2D eigenvalue weighted by Gasteiger charge is 2.17. The van der Waals surface area contributed by atoms with E-state index in [2.05, 4.69) is 5.32 Å². The molecule has 0 aliphatic carbocycles. The monoisotopic (exact) mass is 331 g/mol. The van der Waals surface area contributed by atoms with Crippen molar-refractivity contribution in [2.75, 3.05) is 13.7 Å². The molecule has 1 atom stereocenters. The molecule has 0 saturated heterocycles. The Labute approximate surface area is 142 Å². The van der Waals surface area contributed by atoms with Gasteiger partial charge in [-0.1, -0.05) is 47.5 Å². The summed E-state index contributed by atoms with van der Waals surface area (Å²) < 4.78 is 5.48. The first-order valence-corrected chi connectivity index (χ1v) is 7.95. The van der Waals surface area contributed by atoms with Gasteiger partial charge >= 0.3 is 0 Å². The highest BCUT2D eigenvalue weighted by Crippen LogP contribution is 2.24. The standard InChI is InChI=1S/C19H22ClNO2/c1-12-9-13(2)18(14(3)10-12)19(22)21-11-17(23-4)15-7-5-6-8-16(15)20/h5-10,17H,11H2,1-4H3,(H,21,22). The van der Waals surface area contributed by atoms with Crippen molar-refractivity contribution >= 4 is 17.5 Å². The molecule has 0 saturated carbocycles. The Hall–Kier alpha value is -1.84. The molecule has 0 fully saturated rings. The number of rotatable bonds is 5. The van der Waals surface area contributed by atoms with Crippen LogP contribution in [0.1, 0.15) is 38.7 Å². The highest BCUT2D eigenvalue weighted by molar-refractivity contribution is 6.31. The quantitative estimate of drug-likeness (QED) is 0.882. The minimum Gasteiger partial charge on any atom is -0.375 e. The number of nitrogens with one attached hydrogen (secondary N) is 1. The van der Waals surface area contributed by atoms with Crippen LogP contribution in [0.5, 0.6) is 0 Å². The number of carbonyl (C=O) groups is 1. The second-order valence-electron chi connectivity index (χ2n) is 5.73. The van der Waals surface area contributed by atoms with E-state index in [0.29, 0.717) is 11.6 Å². The number of hydrogen-bond acceptors (Lipinski definition) is 2. The van der Waals surface area contributed by atoms with Gasteiger partial charge in [0.05, 0.1) is 0 Å². The maximum atomic E-state index is 12.5. The maximum Gasteiger partial charge on any atom is 0.251 e. The molecule has 122 valence electrons. The van der Waals surface area contributed by atoms with Gasteiger partial charge in [0.1, 0.15) is 6.10 Å². The zero-order valence-corrected chi connectivity index (χ0v) is 14.7. The van der Waals surface area contributed by atoms with Crippen LogP contribution in [-0.2, 0) is 4.74 Å². The van der Waals surface area contributed by atoms with Crippen LogP contribution >= 0.6 is 11.6 Å². The summed E-state index contributed by atoms with van der Waals surface area (Å²) >= 11 is 6.21. The van der Waals surface area contributed by atoms with Gasteiger partial charge in [-0.25, -0.2) is 0 Å². The van der Waals surface area contributed by atoms with Gasteiger partial charge < -0.3 is 10.1 Å². The van der Waals surface area contributed by atoms with Crippen LogP contribution in [0.25, 0.3) is 0 Å². The van der Waals surface area contributed by atoms with E-state index in [1.54, 1.807) is 7.11 Å². The van der Waals surface area contributed by atoms with E-state index < -0.39 is 0 Å². The number of hydrogen-bond donors (Lipinski definition) is 1. The number of aryl methyl sites for hydroxylation is 3. The minimum atomic E-state index is -0.279. The maximum absolute atomic E-state index is 12.5. The molecule has 0 aliphatic heterocycles. The Balaban J connectivity index is 2.14. The fourth-order valence-electron chi connectivity index (χ4n) is 2.87. The van der Waals surface area contributed by atoms with Crippen LogP contribution in [-0.4, -0.2) is 19.6 Å². The summed E-state index contributed by atoms with van der Waals surface area (Å²) in [6.07, 6.45) is -0.279. The number of amides is 1. The summed E-state index contributed by atoms with van der Waals surface area (Å²) in [5, 5.41) is 3.59. The van der Waals surface area contributed by atoms with Gasteiger partial charge in [-0.2, -0.15) is 0 Å². The molecule has 3 nitrogen and oxygen atoms in total. The lowest BCUT2D eigenvalue weighted by atomic mass is 9.99. The second-order valence-corrected chi connectivity index (χ2v) is 6.14. The van der Waals surface area contributed by atoms with Crippen molar-refractivity contribution in [3.05, 3.63) is 69.2 Å². The fraction of sp³-hybridized carbons (Fsp3) is 0.316. The molecule has 4 heteroatoms. The molecular weight excluding hydrogens is 310 g/mol. The fourth-order valence-corrected chi connectivity index (χ4v) is 3.13. The molecule has 0 aliphatic rings. The molecule has 0 spiro atoms. The van der Waals surface area contributed by atoms with Crippen LogP contribution in [0.3, 0.4) is 0 Å². The van der Waals surface area contributed by atoms with Crippen LogP contribution in [0.4, 0.5) is 0 Å². The van der Waals surface area contributed by atoms with E-state index in [0.717, 1.165) is 27.8 Å². The van der Waals surface area contributed by atoms with E-state index >= 15 is 0 Å². The van der Waals surface area contributed by atoms with Gasteiger partial charge in [0, 0.05) is 29.8 Å². The summed E-state index contributed by atoms with van der Waals surface area (Å²) in [5.41, 5.74) is 4.71. The Morgan fingerprint density at radius 2 is 1.78 bits per heavy atom. The van der Waals surface area contributed by atoms with Crippen molar-refractivity contribution in [2.24, 2.45) is 0 Å². The first-order chi connectivity index (χ1) is 10.9. The highest BCUT2D eigenvalue weighted by atomic mass is 35.5. The third-order valence-electron chi connectivity index (χ3n) is 3.89. The van der Waals surface area contributed by atoms with Crippen molar-refractivity contribution in [1.82, 2.24) is 5.32 Å². The summed E-state index contributed by atoms with van der Waals surface area (Å²) in [5.74, 6) is -0.0888. The SMILES string of the molecule is COC(CNC(=O)c1c(C)cc(C)cc1C)c1ccccc1Cl. The second kappa shape index (κ2) is 7.62. The Morgan fingerprint density at radius 1 is 1.17 bits per heavy atom. The van der Waals surface area contributed by atoms with Crippen molar-refractivity contribution in [3.8, 4) is 0 Å². The summed E-state index contributed by atoms with van der Waals surface area (Å²) in [6.45, 7) is 6.30. The molecule has 2 aromatic rings. The van der Waals surface area contributed by atoms with Crippen LogP contribution in [0.2, 0.25) is 5.02 Å². The average Bonchev–Trinajstić information content (AvgIpc) is 2.48. The molecule has 1 unspecified atom stereocenters. The van der Waals surface area contributed by atoms with Gasteiger partial charge in [-0.3, -0.25) is 4.79 Å². The lowest BCUT2D eigenvalue weighted by Crippen LogP contribution is -2.30. The minimum absolute atomic E-state index is 0.0888. The van der Waals surface area contributed by atoms with Gasteiger partial charge in [-0.15, -0.1) is 0 Å². The predicted molar refractivity (Wildman–Crippen MR) is 94.2 cm³/mol. The Kier molecular flexibility index (Phi) is 5.80. The number of halogens is 1. The van der Waals surface area contributed by atoms with Crippen LogP contribution in [0.15, 0.2) is 36.4 Å². The van der Waals surface area contributed by atoms with Gasteiger partial charge in [-0.05, 0) is 38.0 Å². The molecule has 0 radical (unpaired) electrons. The Bertz CT molecular complexity index is 689. The van der Waals surface area contributed by atoms with Gasteiger partial charge in [0.25, 0.3) is 5.91 Å². The lowest BCUT2D eigenvalue weighted by molar-refractivity contribution is 0.0827. The average molecular weight is 332 g/mol. The third-order valence-corrected chi connectivity index (χ3v) is 4.23. The zero-order valence-electron chi connectivity index (χ0n) is 13.9. The number of benzene rings is 2. The molecule has 1 N–H and O–H groups in total. The predicted octanol–water partition coefficient (Wildman–Crippen LogP) is 4.38. The van der Waals surface area contributed by atoms with Gasteiger partial charge in [0.15, 0.2) is 0 Å². The molecular formula is C19H22ClNO2. The van der Waals surface area contributed by atoms with E-state index in [-0.39, 0.29) is 12.0 Å². The molecule has 23 heavy (non-hydrogen) atoms. The van der Waals surface area contributed by atoms with E-state index in [4.69, 9.17) is 16.3 Å². The van der Waals surface area contributed by atoms with Crippen molar-refractivity contribution in [2.45, 2.75) is 26.9 Å². The third kappa shape index (κ3) is 4.12. The van der Waals surface area contributed by atoms with E-state index in [1.165, 1.54) is 0 Å². The first kappa shape index (κ1) is 17.5. The number of carbonyl (C=O) groups excluding carboxylic acids is 1. The molecule has 0 aromatic heterocycles. The smallest absolute Gasteiger partial charge is 0.251 e. The van der Waals surface area contributed by atoms with Crippen molar-refractivity contribution < 1.29 is 9.53 Å².